The largest absolute Gasteiger partial charge is 0.417 e. The molecular weight excluding hydrogens is 312 g/mol. The van der Waals surface area contributed by atoms with E-state index in [4.69, 9.17) is 4.74 Å². The second-order valence-corrected chi connectivity index (χ2v) is 6.53. The van der Waals surface area contributed by atoms with Crippen molar-refractivity contribution in [2.45, 2.75) is 32.1 Å². The van der Waals surface area contributed by atoms with Gasteiger partial charge in [0.05, 0.1) is 0 Å². The lowest BCUT2D eigenvalue weighted by atomic mass is 10.1. The summed E-state index contributed by atoms with van der Waals surface area (Å²) in [6.07, 6.45) is 5.84. The van der Waals surface area contributed by atoms with Crippen LogP contribution in [0.1, 0.15) is 31.2 Å². The number of benzene rings is 2. The average molecular weight is 338 g/mol. The third kappa shape index (κ3) is 5.91. The van der Waals surface area contributed by atoms with Crippen molar-refractivity contribution in [2.75, 3.05) is 25.0 Å². The minimum Gasteiger partial charge on any atom is -0.410 e. The summed E-state index contributed by atoms with van der Waals surface area (Å²) in [4.78, 5) is 14.4. The number of ether oxygens (including phenoxy) is 1. The molecule has 1 N–H and O–H groups in total. The standard InChI is InChI=1S/C21H26N2O2/c24-21(22-19-9-3-1-4-10-19)25-20-13-11-18(12-14-20)8-7-17-23-15-5-2-6-16-23/h1,3-4,9-14H,2,5-8,15-17H2,(H,22,24). The Hall–Kier alpha value is -2.33. The summed E-state index contributed by atoms with van der Waals surface area (Å²) >= 11 is 0. The van der Waals surface area contributed by atoms with Gasteiger partial charge >= 0.3 is 6.09 Å². The molecule has 0 aromatic heterocycles. The highest BCUT2D eigenvalue weighted by Gasteiger charge is 2.09. The van der Waals surface area contributed by atoms with E-state index in [1.807, 2.05) is 54.6 Å². The molecule has 0 radical (unpaired) electrons. The van der Waals surface area contributed by atoms with Crippen molar-refractivity contribution in [2.24, 2.45) is 0 Å². The Morgan fingerprint density at radius 3 is 2.40 bits per heavy atom. The van der Waals surface area contributed by atoms with Crippen LogP contribution in [0.2, 0.25) is 0 Å². The summed E-state index contributed by atoms with van der Waals surface area (Å²) in [6.45, 7) is 3.68. The number of para-hydroxylation sites is 1. The van der Waals surface area contributed by atoms with E-state index in [9.17, 15) is 4.79 Å². The van der Waals surface area contributed by atoms with Crippen molar-refractivity contribution < 1.29 is 9.53 Å². The van der Waals surface area contributed by atoms with Crippen molar-refractivity contribution >= 4 is 11.8 Å². The SMILES string of the molecule is O=C(Nc1ccccc1)Oc1ccc(CCCN2CCCCC2)cc1. The van der Waals surface area contributed by atoms with Crippen LogP contribution in [0.15, 0.2) is 54.6 Å². The smallest absolute Gasteiger partial charge is 0.410 e. The van der Waals surface area contributed by atoms with Crippen molar-refractivity contribution in [1.82, 2.24) is 4.90 Å². The molecule has 2 aromatic carbocycles. The molecule has 0 aliphatic carbocycles. The van der Waals surface area contributed by atoms with Crippen LogP contribution < -0.4 is 10.1 Å². The third-order valence-corrected chi connectivity index (χ3v) is 4.54. The van der Waals surface area contributed by atoms with E-state index in [-0.39, 0.29) is 0 Å². The molecule has 0 bridgehead atoms. The van der Waals surface area contributed by atoms with E-state index >= 15 is 0 Å². The molecule has 3 rings (SSSR count). The molecule has 1 amide bonds. The molecule has 4 heteroatoms. The predicted octanol–water partition coefficient (Wildman–Crippen LogP) is 4.72. The van der Waals surface area contributed by atoms with Crippen LogP contribution >= 0.6 is 0 Å². The van der Waals surface area contributed by atoms with Gasteiger partial charge in [-0.1, -0.05) is 36.8 Å². The van der Waals surface area contributed by atoms with Gasteiger partial charge in [0.1, 0.15) is 5.75 Å². The molecule has 0 spiro atoms. The Labute approximate surface area is 149 Å². The second-order valence-electron chi connectivity index (χ2n) is 6.53. The molecule has 25 heavy (non-hydrogen) atoms. The Balaban J connectivity index is 1.41. The Kier molecular flexibility index (Phi) is 6.46. The van der Waals surface area contributed by atoms with Crippen molar-refractivity contribution in [3.63, 3.8) is 0 Å². The van der Waals surface area contributed by atoms with E-state index < -0.39 is 6.09 Å². The predicted molar refractivity (Wildman–Crippen MR) is 101 cm³/mol. The number of nitrogens with one attached hydrogen (secondary N) is 1. The molecule has 0 unspecified atom stereocenters. The van der Waals surface area contributed by atoms with Gasteiger partial charge in [-0.3, -0.25) is 5.32 Å². The summed E-state index contributed by atoms with van der Waals surface area (Å²) in [5, 5.41) is 2.71. The van der Waals surface area contributed by atoms with E-state index in [1.165, 1.54) is 50.9 Å². The lowest BCUT2D eigenvalue weighted by Crippen LogP contribution is -2.30. The van der Waals surface area contributed by atoms with Crippen LogP contribution in [0.4, 0.5) is 10.5 Å². The van der Waals surface area contributed by atoms with Crippen LogP contribution in [-0.2, 0) is 6.42 Å². The van der Waals surface area contributed by atoms with Crippen molar-refractivity contribution in [1.29, 1.82) is 0 Å². The van der Waals surface area contributed by atoms with Gasteiger partial charge < -0.3 is 9.64 Å². The topological polar surface area (TPSA) is 41.6 Å². The molecule has 0 atom stereocenters. The average Bonchev–Trinajstić information content (AvgIpc) is 2.65. The maximum Gasteiger partial charge on any atom is 0.417 e. The first kappa shape index (κ1) is 17.5. The lowest BCUT2D eigenvalue weighted by Gasteiger charge is -2.26. The highest BCUT2D eigenvalue weighted by molar-refractivity contribution is 5.86. The Morgan fingerprint density at radius 2 is 1.68 bits per heavy atom. The first-order chi connectivity index (χ1) is 12.3. The molecule has 1 saturated heterocycles. The van der Waals surface area contributed by atoms with Gasteiger partial charge in [0.25, 0.3) is 0 Å². The number of hydrogen-bond donors (Lipinski definition) is 1. The van der Waals surface area contributed by atoms with Crippen LogP contribution in [0.5, 0.6) is 5.75 Å². The van der Waals surface area contributed by atoms with Crippen molar-refractivity contribution in [3.8, 4) is 5.75 Å². The summed E-state index contributed by atoms with van der Waals surface area (Å²) in [6, 6.07) is 17.1. The van der Waals surface area contributed by atoms with Gasteiger partial charge in [-0.2, -0.15) is 0 Å². The fourth-order valence-corrected chi connectivity index (χ4v) is 3.19. The highest BCUT2D eigenvalue weighted by Crippen LogP contribution is 2.16. The first-order valence-corrected chi connectivity index (χ1v) is 9.15. The van der Waals surface area contributed by atoms with Crippen LogP contribution in [-0.4, -0.2) is 30.6 Å². The molecule has 1 fully saturated rings. The summed E-state index contributed by atoms with van der Waals surface area (Å²) in [7, 11) is 0. The molecule has 0 saturated carbocycles. The molecule has 132 valence electrons. The Bertz CT molecular complexity index is 649. The quantitative estimate of drug-likeness (QED) is 0.829. The minimum atomic E-state index is -0.468. The monoisotopic (exact) mass is 338 g/mol. The molecule has 1 aliphatic heterocycles. The molecular formula is C21H26N2O2. The second kappa shape index (κ2) is 9.23. The number of nitrogens with zero attached hydrogens (tertiary/aromatic N) is 1. The number of anilines is 1. The number of hydrogen-bond acceptors (Lipinski definition) is 3. The zero-order valence-electron chi connectivity index (χ0n) is 14.6. The number of carbonyl (C=O) groups is 1. The van der Waals surface area contributed by atoms with Gasteiger partial charge in [-0.25, -0.2) is 4.79 Å². The van der Waals surface area contributed by atoms with Crippen molar-refractivity contribution in [3.05, 3.63) is 60.2 Å². The van der Waals surface area contributed by atoms with Crippen LogP contribution in [0.3, 0.4) is 0 Å². The zero-order valence-corrected chi connectivity index (χ0v) is 14.6. The number of amides is 1. The van der Waals surface area contributed by atoms with Gasteiger partial charge in [0, 0.05) is 5.69 Å². The van der Waals surface area contributed by atoms with Gasteiger partial charge in [-0.15, -0.1) is 0 Å². The summed E-state index contributed by atoms with van der Waals surface area (Å²) in [5.74, 6) is 0.563. The van der Waals surface area contributed by atoms with Crippen LogP contribution in [0, 0.1) is 0 Å². The zero-order chi connectivity index (χ0) is 17.3. The molecule has 1 heterocycles. The van der Waals surface area contributed by atoms with Gasteiger partial charge in [-0.05, 0) is 75.1 Å². The summed E-state index contributed by atoms with van der Waals surface area (Å²) < 4.78 is 5.31. The molecule has 4 nitrogen and oxygen atoms in total. The first-order valence-electron chi connectivity index (χ1n) is 9.15. The normalized spacial score (nSPS) is 14.9. The van der Waals surface area contributed by atoms with E-state index in [0.29, 0.717) is 5.75 Å². The highest BCUT2D eigenvalue weighted by atomic mass is 16.6. The minimum absolute atomic E-state index is 0.468. The third-order valence-electron chi connectivity index (χ3n) is 4.54. The number of piperidine rings is 1. The van der Waals surface area contributed by atoms with Gasteiger partial charge in [0.2, 0.25) is 0 Å². The molecule has 2 aromatic rings. The van der Waals surface area contributed by atoms with Crippen LogP contribution in [0.25, 0.3) is 0 Å². The lowest BCUT2D eigenvalue weighted by molar-refractivity contribution is 0.215. The maximum absolute atomic E-state index is 11.9. The number of likely N-dealkylation sites (tertiary alicyclic amines) is 1. The van der Waals surface area contributed by atoms with E-state index in [0.717, 1.165) is 12.1 Å². The maximum atomic E-state index is 11.9. The van der Waals surface area contributed by atoms with E-state index in [2.05, 4.69) is 10.2 Å². The number of carbonyl (C=O) groups excluding carboxylic acids is 1. The van der Waals surface area contributed by atoms with Gasteiger partial charge in [0.15, 0.2) is 0 Å². The fourth-order valence-electron chi connectivity index (χ4n) is 3.19. The fraction of sp³-hybridized carbons (Fsp3) is 0.381. The van der Waals surface area contributed by atoms with E-state index in [1.54, 1.807) is 0 Å². The molecule has 1 aliphatic rings. The Morgan fingerprint density at radius 1 is 0.960 bits per heavy atom. The number of rotatable bonds is 6. The number of aryl methyl sites for hydroxylation is 1. The summed E-state index contributed by atoms with van der Waals surface area (Å²) in [5.41, 5.74) is 2.01.